The van der Waals surface area contributed by atoms with Gasteiger partial charge in [-0.05, 0) is 56.3 Å². The quantitative estimate of drug-likeness (QED) is 0.739. The molecule has 19 heavy (non-hydrogen) atoms. The Kier molecular flexibility index (Phi) is 4.97. The molecule has 3 nitrogen and oxygen atoms in total. The van der Waals surface area contributed by atoms with E-state index in [1.54, 1.807) is 0 Å². The summed E-state index contributed by atoms with van der Waals surface area (Å²) in [5, 5.41) is 6.43. The maximum Gasteiger partial charge on any atom is 0.220 e. The van der Waals surface area contributed by atoms with Crippen molar-refractivity contribution >= 4 is 5.91 Å². The smallest absolute Gasteiger partial charge is 0.220 e. The van der Waals surface area contributed by atoms with Gasteiger partial charge in [-0.2, -0.15) is 0 Å². The van der Waals surface area contributed by atoms with Crippen molar-refractivity contribution in [3.8, 4) is 0 Å². The molecule has 0 radical (unpaired) electrons. The molecular formula is C16H24N2O. The molecular weight excluding hydrogens is 236 g/mol. The van der Waals surface area contributed by atoms with Crippen molar-refractivity contribution in [2.75, 3.05) is 6.54 Å². The van der Waals surface area contributed by atoms with Crippen LogP contribution in [0.1, 0.15) is 42.4 Å². The van der Waals surface area contributed by atoms with Crippen molar-refractivity contribution in [2.24, 2.45) is 0 Å². The molecule has 0 atom stereocenters. The lowest BCUT2D eigenvalue weighted by molar-refractivity contribution is -0.121. The van der Waals surface area contributed by atoms with Crippen molar-refractivity contribution in [2.45, 2.75) is 52.1 Å². The van der Waals surface area contributed by atoms with E-state index in [1.165, 1.54) is 16.7 Å². The van der Waals surface area contributed by atoms with Gasteiger partial charge in [0.25, 0.3) is 0 Å². The molecule has 1 aliphatic carbocycles. The SMILES string of the molecule is Cc1cccc(CNCCCC(=O)NC2CC2)c1C. The molecule has 1 saturated carbocycles. The third-order valence-corrected chi connectivity index (χ3v) is 3.73. The highest BCUT2D eigenvalue weighted by Crippen LogP contribution is 2.18. The van der Waals surface area contributed by atoms with Crippen molar-refractivity contribution in [1.82, 2.24) is 10.6 Å². The van der Waals surface area contributed by atoms with Crippen LogP contribution in [-0.4, -0.2) is 18.5 Å². The predicted octanol–water partition coefficient (Wildman–Crippen LogP) is 2.45. The van der Waals surface area contributed by atoms with E-state index in [1.807, 2.05) is 0 Å². The van der Waals surface area contributed by atoms with Gasteiger partial charge in [-0.3, -0.25) is 4.79 Å². The zero-order valence-electron chi connectivity index (χ0n) is 12.0. The largest absolute Gasteiger partial charge is 0.353 e. The minimum absolute atomic E-state index is 0.205. The molecule has 1 aromatic rings. The van der Waals surface area contributed by atoms with Crippen LogP contribution in [0.5, 0.6) is 0 Å². The maximum atomic E-state index is 11.5. The number of aryl methyl sites for hydroxylation is 1. The zero-order chi connectivity index (χ0) is 13.7. The molecule has 3 heteroatoms. The van der Waals surface area contributed by atoms with Crippen molar-refractivity contribution in [1.29, 1.82) is 0 Å². The van der Waals surface area contributed by atoms with Crippen LogP contribution in [0.4, 0.5) is 0 Å². The normalized spacial score (nSPS) is 14.4. The summed E-state index contributed by atoms with van der Waals surface area (Å²) in [7, 11) is 0. The van der Waals surface area contributed by atoms with E-state index in [4.69, 9.17) is 0 Å². The second-order valence-electron chi connectivity index (χ2n) is 5.48. The molecule has 0 aliphatic heterocycles. The molecule has 1 fully saturated rings. The number of benzene rings is 1. The fourth-order valence-electron chi connectivity index (χ4n) is 2.13. The van der Waals surface area contributed by atoms with Crippen LogP contribution in [0.25, 0.3) is 0 Å². The van der Waals surface area contributed by atoms with Gasteiger partial charge < -0.3 is 10.6 Å². The van der Waals surface area contributed by atoms with Crippen LogP contribution in [0.15, 0.2) is 18.2 Å². The second-order valence-corrected chi connectivity index (χ2v) is 5.48. The number of amides is 1. The molecule has 1 aliphatic rings. The highest BCUT2D eigenvalue weighted by Gasteiger charge is 2.22. The third kappa shape index (κ3) is 4.67. The number of carbonyl (C=O) groups is 1. The van der Waals surface area contributed by atoms with E-state index >= 15 is 0 Å². The number of hydrogen-bond acceptors (Lipinski definition) is 2. The Labute approximate surface area is 115 Å². The maximum absolute atomic E-state index is 11.5. The Bertz CT molecular complexity index is 438. The van der Waals surface area contributed by atoms with Crippen LogP contribution < -0.4 is 10.6 Å². The fraction of sp³-hybridized carbons (Fsp3) is 0.562. The summed E-state index contributed by atoms with van der Waals surface area (Å²) in [5.74, 6) is 0.205. The zero-order valence-corrected chi connectivity index (χ0v) is 12.0. The lowest BCUT2D eigenvalue weighted by Gasteiger charge is -2.10. The van der Waals surface area contributed by atoms with Gasteiger partial charge in [-0.15, -0.1) is 0 Å². The van der Waals surface area contributed by atoms with Gasteiger partial charge in [0, 0.05) is 19.0 Å². The first-order valence-electron chi connectivity index (χ1n) is 7.22. The molecule has 0 bridgehead atoms. The minimum atomic E-state index is 0.205. The van der Waals surface area contributed by atoms with Gasteiger partial charge >= 0.3 is 0 Å². The molecule has 0 spiro atoms. The molecule has 1 aromatic carbocycles. The van der Waals surface area contributed by atoms with Gasteiger partial charge in [-0.25, -0.2) is 0 Å². The molecule has 0 saturated heterocycles. The number of carbonyl (C=O) groups excluding carboxylic acids is 1. The second kappa shape index (κ2) is 6.71. The molecule has 1 amide bonds. The summed E-state index contributed by atoms with van der Waals surface area (Å²) in [5.41, 5.74) is 4.05. The summed E-state index contributed by atoms with van der Waals surface area (Å²) in [6.07, 6.45) is 3.87. The lowest BCUT2D eigenvalue weighted by Crippen LogP contribution is -2.26. The van der Waals surface area contributed by atoms with Crippen LogP contribution in [0, 0.1) is 13.8 Å². The average Bonchev–Trinajstić information content (AvgIpc) is 3.18. The van der Waals surface area contributed by atoms with Crippen LogP contribution >= 0.6 is 0 Å². The Morgan fingerprint density at radius 3 is 2.84 bits per heavy atom. The first-order valence-corrected chi connectivity index (χ1v) is 7.22. The van der Waals surface area contributed by atoms with Gasteiger partial charge in [0.2, 0.25) is 5.91 Å². The first kappa shape index (κ1) is 14.1. The van der Waals surface area contributed by atoms with Gasteiger partial charge in [0.05, 0.1) is 0 Å². The first-order chi connectivity index (χ1) is 9.16. The van der Waals surface area contributed by atoms with E-state index in [0.717, 1.165) is 32.4 Å². The monoisotopic (exact) mass is 260 g/mol. The Hall–Kier alpha value is -1.35. The van der Waals surface area contributed by atoms with E-state index in [2.05, 4.69) is 42.7 Å². The predicted molar refractivity (Wildman–Crippen MR) is 78.0 cm³/mol. The van der Waals surface area contributed by atoms with E-state index in [-0.39, 0.29) is 5.91 Å². The fourth-order valence-corrected chi connectivity index (χ4v) is 2.13. The van der Waals surface area contributed by atoms with Crippen LogP contribution in [0.2, 0.25) is 0 Å². The molecule has 0 aromatic heterocycles. The topological polar surface area (TPSA) is 41.1 Å². The van der Waals surface area contributed by atoms with E-state index in [9.17, 15) is 4.79 Å². The highest BCUT2D eigenvalue weighted by atomic mass is 16.1. The van der Waals surface area contributed by atoms with Gasteiger partial charge in [-0.1, -0.05) is 18.2 Å². The Morgan fingerprint density at radius 1 is 1.32 bits per heavy atom. The number of nitrogens with one attached hydrogen (secondary N) is 2. The third-order valence-electron chi connectivity index (χ3n) is 3.73. The molecule has 2 rings (SSSR count). The summed E-state index contributed by atoms with van der Waals surface area (Å²) in [6, 6.07) is 6.88. The summed E-state index contributed by atoms with van der Waals surface area (Å²) in [4.78, 5) is 11.5. The standard InChI is InChI=1S/C16H24N2O/c1-12-5-3-6-14(13(12)2)11-17-10-4-7-16(19)18-15-8-9-15/h3,5-6,15,17H,4,7-11H2,1-2H3,(H,18,19). The number of hydrogen-bond donors (Lipinski definition) is 2. The summed E-state index contributed by atoms with van der Waals surface area (Å²) < 4.78 is 0. The van der Waals surface area contributed by atoms with Crippen LogP contribution in [0.3, 0.4) is 0 Å². The van der Waals surface area contributed by atoms with Crippen LogP contribution in [-0.2, 0) is 11.3 Å². The van der Waals surface area contributed by atoms with Crippen molar-refractivity contribution < 1.29 is 4.79 Å². The summed E-state index contributed by atoms with van der Waals surface area (Å²) in [6.45, 7) is 6.08. The summed E-state index contributed by atoms with van der Waals surface area (Å²) >= 11 is 0. The average molecular weight is 260 g/mol. The Balaban J connectivity index is 1.60. The van der Waals surface area contributed by atoms with E-state index < -0.39 is 0 Å². The Morgan fingerprint density at radius 2 is 2.11 bits per heavy atom. The highest BCUT2D eigenvalue weighted by molar-refractivity contribution is 5.76. The van der Waals surface area contributed by atoms with Gasteiger partial charge in [0.15, 0.2) is 0 Å². The number of rotatable bonds is 7. The van der Waals surface area contributed by atoms with Gasteiger partial charge in [0.1, 0.15) is 0 Å². The van der Waals surface area contributed by atoms with Crippen molar-refractivity contribution in [3.05, 3.63) is 34.9 Å². The molecule has 2 N–H and O–H groups in total. The molecule has 104 valence electrons. The lowest BCUT2D eigenvalue weighted by atomic mass is 10.0. The van der Waals surface area contributed by atoms with Crippen molar-refractivity contribution in [3.63, 3.8) is 0 Å². The molecule has 0 heterocycles. The minimum Gasteiger partial charge on any atom is -0.353 e. The van der Waals surface area contributed by atoms with E-state index in [0.29, 0.717) is 12.5 Å². The molecule has 0 unspecified atom stereocenters.